The van der Waals surface area contributed by atoms with E-state index in [-0.39, 0.29) is 64.7 Å². The normalized spacial score (nSPS) is 16.3. The molecule has 26 heteroatoms. The van der Waals surface area contributed by atoms with Crippen molar-refractivity contribution in [3.8, 4) is 0 Å². The lowest BCUT2D eigenvalue weighted by atomic mass is 9.49. The maximum Gasteiger partial charge on any atom is 0.490 e. The van der Waals surface area contributed by atoms with E-state index >= 15 is 0 Å². The number of hydrogen-bond donors (Lipinski definition) is 7. The van der Waals surface area contributed by atoms with Gasteiger partial charge in [-0.2, -0.15) is 0 Å². The summed E-state index contributed by atoms with van der Waals surface area (Å²) in [6.45, 7) is 28.5. The number of hydrogen-bond acceptors (Lipinski definition) is 14. The van der Waals surface area contributed by atoms with E-state index in [0.717, 1.165) is 15.6 Å². The fourth-order valence-corrected chi connectivity index (χ4v) is 9.47. The molecule has 15 nitrogen and oxygen atoms in total. The minimum Gasteiger partial charge on any atom is -0.423 e. The zero-order valence-electron chi connectivity index (χ0n) is 45.0. The Kier molecular flexibility index (Phi) is 23.1. The largest absolute Gasteiger partial charge is 0.490 e. The molecule has 414 valence electrons. The first-order chi connectivity index (χ1) is 34.4. The number of halogens is 5. The van der Waals surface area contributed by atoms with Crippen molar-refractivity contribution in [1.29, 1.82) is 0 Å². The van der Waals surface area contributed by atoms with Crippen LogP contribution < -0.4 is 27.1 Å². The van der Waals surface area contributed by atoms with Crippen LogP contribution in [0.25, 0.3) is 0 Å². The number of nitrogens with one attached hydrogen (secondary N) is 1. The summed E-state index contributed by atoms with van der Waals surface area (Å²) in [5.41, 5.74) is 12.8. The van der Waals surface area contributed by atoms with Crippen LogP contribution in [0.2, 0.25) is 15.1 Å². The molecular formula is C50H68B4BrCl4N3O12S2. The van der Waals surface area contributed by atoms with E-state index in [1.807, 2.05) is 76.2 Å². The Morgan fingerprint density at radius 3 is 1.17 bits per heavy atom. The average molecular weight is 1230 g/mol. The fourth-order valence-electron chi connectivity index (χ4n) is 6.57. The third-order valence-corrected chi connectivity index (χ3v) is 16.8. The van der Waals surface area contributed by atoms with Gasteiger partial charge in [-0.25, -0.2) is 16.8 Å². The van der Waals surface area contributed by atoms with Crippen LogP contribution in [0, 0.1) is 0 Å². The molecule has 0 saturated carbocycles. The van der Waals surface area contributed by atoms with Crippen molar-refractivity contribution in [2.75, 3.05) is 16.2 Å². The number of anilines is 3. The second-order valence-corrected chi connectivity index (χ2v) is 28.2. The first-order valence-electron chi connectivity index (χ1n) is 23.6. The summed E-state index contributed by atoms with van der Waals surface area (Å²) in [4.78, 5) is 0.232. The molecule has 0 amide bonds. The van der Waals surface area contributed by atoms with Gasteiger partial charge in [0.1, 0.15) is 0 Å². The molecule has 0 atom stereocenters. The standard InChI is InChI=1S/C16H19BClNO4S.C12H24B2O4.C10H13ClO2S.C6H7BClNO2.C6H5BrClN/c1-16(2,3)11-4-7-13(8-5-11)24(22,23)19-15-9-6-12(18)10-14(15)17(20)21;1-9(2)10(3,4)16-13(15-9)14-17-11(5,6)12(7,8)18-14;1-10(2,3)8-4-6-9(7-5-8)14(11,12)13;8-4-1-2-6(9)5(3-4)7(10)11;7-5-3-4(8)1-2-6(5)9/h4-10,19-21H,1-3H3;1-8H3;4-7H,1-3H3;1-3,10-11H,9H2;1-3H,9H2. The van der Waals surface area contributed by atoms with Crippen LogP contribution in [0.3, 0.4) is 0 Å². The monoisotopic (exact) mass is 1230 g/mol. The van der Waals surface area contributed by atoms with Gasteiger partial charge in [-0.3, -0.25) is 4.72 Å². The number of sulfonamides is 1. The molecule has 0 bridgehead atoms. The van der Waals surface area contributed by atoms with Crippen LogP contribution in [0.4, 0.5) is 17.1 Å². The van der Waals surface area contributed by atoms with Gasteiger partial charge >= 0.3 is 28.3 Å². The lowest BCUT2D eigenvalue weighted by molar-refractivity contribution is 0.00578. The first-order valence-corrected chi connectivity index (χ1v) is 29.3. The average Bonchev–Trinajstić information content (AvgIpc) is 3.65. The van der Waals surface area contributed by atoms with Crippen LogP contribution in [0.5, 0.6) is 0 Å². The Morgan fingerprint density at radius 1 is 0.526 bits per heavy atom. The zero-order chi connectivity index (χ0) is 58.4. The second kappa shape index (κ2) is 26.1. The number of nitrogen functional groups attached to an aromatic ring is 2. The molecule has 2 fully saturated rings. The highest BCUT2D eigenvalue weighted by atomic mass is 79.9. The Morgan fingerprint density at radius 2 is 0.855 bits per heavy atom. The SMILES string of the molecule is CC(C)(C)c1ccc(S(=O)(=O)Cl)cc1.CC(C)(C)c1ccc(S(=O)(=O)Nc2ccc(Cl)cc2B(O)O)cc1.CC1(C)OB(B2OC(C)(C)C(C)(C)O2)OC1(C)C.Nc1ccc(Cl)cc1B(O)O.Nc1ccc(Cl)cc1Br. The van der Waals surface area contributed by atoms with Gasteiger partial charge in [0.25, 0.3) is 19.1 Å². The topological polar surface area (TPSA) is 250 Å². The molecule has 5 aromatic rings. The summed E-state index contributed by atoms with van der Waals surface area (Å²) >= 11 is 20.3. The lowest BCUT2D eigenvalue weighted by Gasteiger charge is -2.32. The molecule has 0 radical (unpaired) electrons. The number of nitrogens with two attached hydrogens (primary N) is 2. The Bertz CT molecular complexity index is 2920. The van der Waals surface area contributed by atoms with Crippen molar-refractivity contribution in [2.45, 2.75) is 140 Å². The lowest BCUT2D eigenvalue weighted by Crippen LogP contribution is -2.41. The van der Waals surface area contributed by atoms with E-state index in [0.29, 0.717) is 21.4 Å². The van der Waals surface area contributed by atoms with E-state index in [4.69, 9.17) is 85.6 Å². The highest BCUT2D eigenvalue weighted by Gasteiger charge is 2.63. The van der Waals surface area contributed by atoms with Crippen LogP contribution in [-0.4, -0.2) is 87.6 Å². The molecule has 76 heavy (non-hydrogen) atoms. The third kappa shape index (κ3) is 19.1. The summed E-state index contributed by atoms with van der Waals surface area (Å²) in [7, 11) is -6.61. The van der Waals surface area contributed by atoms with Crippen LogP contribution in [0.1, 0.15) is 108 Å². The summed E-state index contributed by atoms with van der Waals surface area (Å²) in [5, 5.41) is 37.7. The molecule has 2 saturated heterocycles. The molecule has 5 aromatic carbocycles. The van der Waals surface area contributed by atoms with Gasteiger partial charge in [0, 0.05) is 58.2 Å². The molecular weight excluding hydrogens is 1160 g/mol. The molecule has 0 spiro atoms. The summed E-state index contributed by atoms with van der Waals surface area (Å²) in [6, 6.07) is 27.2. The number of rotatable bonds is 7. The Labute approximate surface area is 478 Å². The third-order valence-electron chi connectivity index (χ3n) is 12.6. The highest BCUT2D eigenvalue weighted by molar-refractivity contribution is 9.10. The maximum absolute atomic E-state index is 12.5. The summed E-state index contributed by atoms with van der Waals surface area (Å²) in [5.74, 6) is 0. The van der Waals surface area contributed by atoms with Gasteiger partial charge in [0.05, 0.1) is 32.2 Å². The Hall–Kier alpha value is -3.02. The fraction of sp³-hybridized carbons (Fsp3) is 0.400. The van der Waals surface area contributed by atoms with Gasteiger partial charge in [0.2, 0.25) is 0 Å². The molecule has 2 heterocycles. The molecule has 0 unspecified atom stereocenters. The van der Waals surface area contributed by atoms with Gasteiger partial charge in [0.15, 0.2) is 0 Å². The van der Waals surface area contributed by atoms with E-state index < -0.39 is 47.3 Å². The first kappa shape index (κ1) is 67.3. The molecule has 9 N–H and O–H groups in total. The van der Waals surface area contributed by atoms with Crippen molar-refractivity contribution >= 4 is 137 Å². The quantitative estimate of drug-likeness (QED) is 0.0456. The van der Waals surface area contributed by atoms with E-state index in [1.165, 1.54) is 54.6 Å². The van der Waals surface area contributed by atoms with Crippen molar-refractivity contribution in [3.63, 3.8) is 0 Å². The number of benzene rings is 5. The second-order valence-electron chi connectivity index (χ2n) is 21.8. The predicted molar refractivity (Wildman–Crippen MR) is 317 cm³/mol. The minimum absolute atomic E-state index is 0.0163. The van der Waals surface area contributed by atoms with Crippen molar-refractivity contribution in [2.24, 2.45) is 0 Å². The Balaban J connectivity index is 0.000000261. The highest BCUT2D eigenvalue weighted by Crippen LogP contribution is 2.43. The van der Waals surface area contributed by atoms with Crippen LogP contribution in [0.15, 0.2) is 117 Å². The zero-order valence-corrected chi connectivity index (χ0v) is 51.3. The molecule has 2 aliphatic rings. The van der Waals surface area contributed by atoms with Crippen molar-refractivity contribution in [3.05, 3.63) is 134 Å². The smallest absolute Gasteiger partial charge is 0.423 e. The van der Waals surface area contributed by atoms with Crippen molar-refractivity contribution in [1.82, 2.24) is 0 Å². The van der Waals surface area contributed by atoms with E-state index in [2.05, 4.69) is 41.4 Å². The van der Waals surface area contributed by atoms with E-state index in [1.54, 1.807) is 48.5 Å². The van der Waals surface area contributed by atoms with Gasteiger partial charge < -0.3 is 50.2 Å². The van der Waals surface area contributed by atoms with Crippen LogP contribution in [-0.2, 0) is 48.5 Å². The van der Waals surface area contributed by atoms with Gasteiger partial charge in [-0.15, -0.1) is 0 Å². The van der Waals surface area contributed by atoms with Crippen LogP contribution >= 0.6 is 61.4 Å². The van der Waals surface area contributed by atoms with Gasteiger partial charge in [-0.1, -0.05) is 101 Å². The summed E-state index contributed by atoms with van der Waals surface area (Å²) in [6.07, 6.45) is 0. The molecule has 7 rings (SSSR count). The maximum atomic E-state index is 12.5. The predicted octanol–water partition coefficient (Wildman–Crippen LogP) is 9.57. The van der Waals surface area contributed by atoms with Gasteiger partial charge in [-0.05, 0) is 172 Å². The molecule has 2 aliphatic heterocycles. The molecule has 0 aliphatic carbocycles. The summed E-state index contributed by atoms with van der Waals surface area (Å²) < 4.78 is 74.0. The minimum atomic E-state index is -3.86. The van der Waals surface area contributed by atoms with Crippen molar-refractivity contribution < 1.29 is 55.5 Å². The molecule has 0 aromatic heterocycles. The van der Waals surface area contributed by atoms with E-state index in [9.17, 15) is 26.9 Å².